The molecule has 2 rings (SSSR count). The summed E-state index contributed by atoms with van der Waals surface area (Å²) in [5, 5.41) is 0. The standard InChI is InChI=1S/C14H16F2O2/c1-9-4-6-11(15)13(14(9)16)12(17)7-5-10-3-2-8-18-10/h4,6,10H,2-3,5,7-8H2,1H3. The van der Waals surface area contributed by atoms with E-state index in [1.54, 1.807) is 0 Å². The first-order valence-electron chi connectivity index (χ1n) is 6.19. The Labute approximate surface area is 105 Å². The maximum absolute atomic E-state index is 13.7. The number of hydrogen-bond acceptors (Lipinski definition) is 2. The van der Waals surface area contributed by atoms with E-state index in [0.717, 1.165) is 18.9 Å². The highest BCUT2D eigenvalue weighted by Crippen LogP contribution is 2.22. The number of rotatable bonds is 4. The molecule has 1 heterocycles. The Balaban J connectivity index is 2.06. The number of carbonyl (C=O) groups is 1. The summed E-state index contributed by atoms with van der Waals surface area (Å²) in [4.78, 5) is 11.9. The van der Waals surface area contributed by atoms with E-state index in [2.05, 4.69) is 0 Å². The summed E-state index contributed by atoms with van der Waals surface area (Å²) in [7, 11) is 0. The molecule has 1 aliphatic heterocycles. The predicted molar refractivity (Wildman–Crippen MR) is 63.6 cm³/mol. The van der Waals surface area contributed by atoms with Gasteiger partial charge in [-0.2, -0.15) is 0 Å². The molecule has 1 fully saturated rings. The van der Waals surface area contributed by atoms with Crippen molar-refractivity contribution in [2.45, 2.75) is 38.7 Å². The number of benzene rings is 1. The number of ether oxygens (including phenoxy) is 1. The van der Waals surface area contributed by atoms with Crippen LogP contribution in [0.2, 0.25) is 0 Å². The van der Waals surface area contributed by atoms with Crippen molar-refractivity contribution in [2.24, 2.45) is 0 Å². The monoisotopic (exact) mass is 254 g/mol. The highest BCUT2D eigenvalue weighted by atomic mass is 19.1. The second-order valence-corrected chi connectivity index (χ2v) is 4.65. The van der Waals surface area contributed by atoms with Crippen LogP contribution in [0.3, 0.4) is 0 Å². The fourth-order valence-electron chi connectivity index (χ4n) is 2.20. The van der Waals surface area contributed by atoms with Crippen LogP contribution in [-0.2, 0) is 4.74 Å². The highest BCUT2D eigenvalue weighted by molar-refractivity contribution is 5.96. The number of carbonyl (C=O) groups excluding carboxylic acids is 1. The molecule has 1 aromatic rings. The van der Waals surface area contributed by atoms with Gasteiger partial charge in [0.15, 0.2) is 5.78 Å². The van der Waals surface area contributed by atoms with Gasteiger partial charge in [0.25, 0.3) is 0 Å². The third-order valence-electron chi connectivity index (χ3n) is 3.28. The molecule has 1 saturated heterocycles. The summed E-state index contributed by atoms with van der Waals surface area (Å²) in [5.41, 5.74) is -0.120. The minimum Gasteiger partial charge on any atom is -0.378 e. The van der Waals surface area contributed by atoms with Gasteiger partial charge in [0.2, 0.25) is 0 Å². The fraction of sp³-hybridized carbons (Fsp3) is 0.500. The SMILES string of the molecule is Cc1ccc(F)c(C(=O)CCC2CCCO2)c1F. The van der Waals surface area contributed by atoms with Gasteiger partial charge in [-0.25, -0.2) is 8.78 Å². The van der Waals surface area contributed by atoms with Gasteiger partial charge in [0, 0.05) is 13.0 Å². The summed E-state index contributed by atoms with van der Waals surface area (Å²) in [6.07, 6.45) is 2.64. The molecule has 0 amide bonds. The van der Waals surface area contributed by atoms with Crippen molar-refractivity contribution in [3.63, 3.8) is 0 Å². The third-order valence-corrected chi connectivity index (χ3v) is 3.28. The smallest absolute Gasteiger partial charge is 0.168 e. The summed E-state index contributed by atoms with van der Waals surface area (Å²) < 4.78 is 32.6. The van der Waals surface area contributed by atoms with Crippen LogP contribution in [0.1, 0.15) is 41.6 Å². The van der Waals surface area contributed by atoms with Gasteiger partial charge in [-0.1, -0.05) is 6.07 Å². The number of hydrogen-bond donors (Lipinski definition) is 0. The van der Waals surface area contributed by atoms with E-state index in [-0.39, 0.29) is 18.1 Å². The zero-order valence-electron chi connectivity index (χ0n) is 10.3. The molecular weight excluding hydrogens is 238 g/mol. The van der Waals surface area contributed by atoms with E-state index in [1.807, 2.05) is 0 Å². The van der Waals surface area contributed by atoms with Crippen LogP contribution in [0.5, 0.6) is 0 Å². The van der Waals surface area contributed by atoms with Crippen LogP contribution >= 0.6 is 0 Å². The van der Waals surface area contributed by atoms with E-state index in [0.29, 0.717) is 13.0 Å². The average molecular weight is 254 g/mol. The Bertz CT molecular complexity index is 451. The molecule has 0 spiro atoms. The van der Waals surface area contributed by atoms with Crippen LogP contribution in [0.4, 0.5) is 8.78 Å². The van der Waals surface area contributed by atoms with Crippen LogP contribution in [0.25, 0.3) is 0 Å². The first-order valence-corrected chi connectivity index (χ1v) is 6.19. The largest absolute Gasteiger partial charge is 0.378 e. The normalized spacial score (nSPS) is 19.2. The summed E-state index contributed by atoms with van der Waals surface area (Å²) >= 11 is 0. The van der Waals surface area contributed by atoms with Crippen molar-refractivity contribution >= 4 is 5.78 Å². The number of Topliss-reactive ketones (excluding diaryl/α,β-unsaturated/α-hetero) is 1. The molecule has 0 radical (unpaired) electrons. The molecule has 1 atom stereocenters. The Morgan fingerprint density at radius 2 is 2.22 bits per heavy atom. The van der Waals surface area contributed by atoms with E-state index in [9.17, 15) is 13.6 Å². The Morgan fingerprint density at radius 3 is 2.89 bits per heavy atom. The van der Waals surface area contributed by atoms with E-state index < -0.39 is 23.0 Å². The molecule has 0 aromatic heterocycles. The lowest BCUT2D eigenvalue weighted by Gasteiger charge is -2.10. The summed E-state index contributed by atoms with van der Waals surface area (Å²) in [6.45, 7) is 2.23. The van der Waals surface area contributed by atoms with Gasteiger partial charge in [-0.15, -0.1) is 0 Å². The van der Waals surface area contributed by atoms with E-state index >= 15 is 0 Å². The van der Waals surface area contributed by atoms with Crippen molar-refractivity contribution in [3.05, 3.63) is 34.9 Å². The van der Waals surface area contributed by atoms with Crippen LogP contribution < -0.4 is 0 Å². The van der Waals surface area contributed by atoms with Gasteiger partial charge in [-0.05, 0) is 37.8 Å². The molecule has 98 valence electrons. The van der Waals surface area contributed by atoms with Crippen molar-refractivity contribution in [1.82, 2.24) is 0 Å². The number of aryl methyl sites for hydroxylation is 1. The predicted octanol–water partition coefficient (Wildman–Crippen LogP) is 3.42. The topological polar surface area (TPSA) is 26.3 Å². The van der Waals surface area contributed by atoms with Crippen LogP contribution in [0, 0.1) is 18.6 Å². The minimum absolute atomic E-state index is 0.0601. The first kappa shape index (κ1) is 13.1. The van der Waals surface area contributed by atoms with E-state index in [4.69, 9.17) is 4.74 Å². The molecule has 0 aliphatic carbocycles. The van der Waals surface area contributed by atoms with Gasteiger partial charge in [-0.3, -0.25) is 4.79 Å². The van der Waals surface area contributed by atoms with Gasteiger partial charge >= 0.3 is 0 Å². The number of halogens is 2. The molecule has 18 heavy (non-hydrogen) atoms. The molecule has 1 unspecified atom stereocenters. The maximum atomic E-state index is 13.7. The second kappa shape index (κ2) is 5.57. The zero-order chi connectivity index (χ0) is 13.1. The molecule has 1 aromatic carbocycles. The van der Waals surface area contributed by atoms with Gasteiger partial charge < -0.3 is 4.74 Å². The first-order chi connectivity index (χ1) is 8.59. The minimum atomic E-state index is -0.782. The molecule has 4 heteroatoms. The fourth-order valence-corrected chi connectivity index (χ4v) is 2.20. The van der Waals surface area contributed by atoms with Crippen molar-refractivity contribution in [1.29, 1.82) is 0 Å². The molecule has 0 N–H and O–H groups in total. The lowest BCUT2D eigenvalue weighted by atomic mass is 10.0. The quantitative estimate of drug-likeness (QED) is 0.770. The molecular formula is C14H16F2O2. The molecule has 2 nitrogen and oxygen atoms in total. The van der Waals surface area contributed by atoms with Crippen LogP contribution in [-0.4, -0.2) is 18.5 Å². The molecule has 1 aliphatic rings. The second-order valence-electron chi connectivity index (χ2n) is 4.65. The summed E-state index contributed by atoms with van der Waals surface area (Å²) in [6, 6.07) is 2.47. The molecule has 0 bridgehead atoms. The Morgan fingerprint density at radius 1 is 1.44 bits per heavy atom. The molecule has 0 saturated carbocycles. The van der Waals surface area contributed by atoms with Crippen molar-refractivity contribution in [3.8, 4) is 0 Å². The zero-order valence-corrected chi connectivity index (χ0v) is 10.3. The number of ketones is 1. The lowest BCUT2D eigenvalue weighted by Crippen LogP contribution is -2.12. The Kier molecular flexibility index (Phi) is 4.07. The van der Waals surface area contributed by atoms with Gasteiger partial charge in [0.1, 0.15) is 11.6 Å². The van der Waals surface area contributed by atoms with E-state index in [1.165, 1.54) is 13.0 Å². The maximum Gasteiger partial charge on any atom is 0.168 e. The third kappa shape index (κ3) is 2.75. The van der Waals surface area contributed by atoms with Crippen molar-refractivity contribution in [2.75, 3.05) is 6.61 Å². The Hall–Kier alpha value is -1.29. The summed E-state index contributed by atoms with van der Waals surface area (Å²) in [5.74, 6) is -2.01. The average Bonchev–Trinajstić information content (AvgIpc) is 2.85. The van der Waals surface area contributed by atoms with Crippen LogP contribution in [0.15, 0.2) is 12.1 Å². The highest BCUT2D eigenvalue weighted by Gasteiger charge is 2.22. The lowest BCUT2D eigenvalue weighted by molar-refractivity contribution is 0.0853. The van der Waals surface area contributed by atoms with Crippen molar-refractivity contribution < 1.29 is 18.3 Å². The van der Waals surface area contributed by atoms with Gasteiger partial charge in [0.05, 0.1) is 11.7 Å².